The zero-order chi connectivity index (χ0) is 17.2. The van der Waals surface area contributed by atoms with E-state index in [1.807, 2.05) is 0 Å². The van der Waals surface area contributed by atoms with Crippen LogP contribution in [0.15, 0.2) is 30.3 Å². The van der Waals surface area contributed by atoms with Crippen molar-refractivity contribution < 1.29 is 36.5 Å². The molecule has 23 heavy (non-hydrogen) atoms. The van der Waals surface area contributed by atoms with Gasteiger partial charge in [0.25, 0.3) is 0 Å². The number of aliphatic hydroxyl groups excluding tert-OH is 1. The molecule has 3 nitrogen and oxygen atoms in total. The summed E-state index contributed by atoms with van der Waals surface area (Å²) in [6.45, 7) is -0.566. The van der Waals surface area contributed by atoms with Crippen molar-refractivity contribution in [3.05, 3.63) is 52.6 Å². The van der Waals surface area contributed by atoms with E-state index in [2.05, 4.69) is 4.74 Å². The molecule has 0 spiro atoms. The van der Waals surface area contributed by atoms with E-state index >= 15 is 0 Å². The number of alkyl halides is 3. The van der Waals surface area contributed by atoms with Crippen molar-refractivity contribution in [2.45, 2.75) is 13.0 Å². The Morgan fingerprint density at radius 3 is 2.13 bits per heavy atom. The number of halogens is 6. The van der Waals surface area contributed by atoms with Crippen molar-refractivity contribution in [2.75, 3.05) is 0 Å². The van der Waals surface area contributed by atoms with Crippen LogP contribution < -0.4 is 9.47 Å². The maximum absolute atomic E-state index is 13.7. The van der Waals surface area contributed by atoms with Crippen LogP contribution in [0.5, 0.6) is 17.2 Å². The standard InChI is InChI=1S/C14H8ClF5O3/c15-9-5-8(1-2-12(9)23-14(18,19)20)22-13-10(16)3-7(6-21)4-11(13)17/h1-5,21H,6H2. The molecule has 2 aromatic carbocycles. The van der Waals surface area contributed by atoms with Gasteiger partial charge in [-0.1, -0.05) is 11.6 Å². The molecule has 0 radical (unpaired) electrons. The van der Waals surface area contributed by atoms with Crippen molar-refractivity contribution in [3.63, 3.8) is 0 Å². The van der Waals surface area contributed by atoms with Crippen LogP contribution in [0.4, 0.5) is 22.0 Å². The molecule has 0 atom stereocenters. The van der Waals surface area contributed by atoms with Gasteiger partial charge in [0, 0.05) is 6.07 Å². The Labute approximate surface area is 131 Å². The SMILES string of the molecule is OCc1cc(F)c(Oc2ccc(OC(F)(F)F)c(Cl)c2)c(F)c1. The molecule has 9 heteroatoms. The lowest BCUT2D eigenvalue weighted by Crippen LogP contribution is -2.17. The molecule has 124 valence electrons. The van der Waals surface area contributed by atoms with Crippen LogP contribution in [-0.4, -0.2) is 11.5 Å². The lowest BCUT2D eigenvalue weighted by atomic mass is 10.2. The molecule has 0 saturated heterocycles. The fourth-order valence-corrected chi connectivity index (χ4v) is 1.88. The summed E-state index contributed by atoms with van der Waals surface area (Å²) >= 11 is 5.60. The molecule has 0 aromatic heterocycles. The Balaban J connectivity index is 2.26. The average Bonchev–Trinajstić information content (AvgIpc) is 2.44. The van der Waals surface area contributed by atoms with Crippen LogP contribution in [0, 0.1) is 11.6 Å². The third-order valence-electron chi connectivity index (χ3n) is 2.59. The summed E-state index contributed by atoms with van der Waals surface area (Å²) in [5, 5.41) is 8.38. The largest absolute Gasteiger partial charge is 0.573 e. The predicted molar refractivity (Wildman–Crippen MR) is 70.5 cm³/mol. The van der Waals surface area contributed by atoms with E-state index in [0.717, 1.165) is 30.3 Å². The molecule has 0 amide bonds. The van der Waals surface area contributed by atoms with E-state index in [4.69, 9.17) is 21.4 Å². The molecule has 0 unspecified atom stereocenters. The molecule has 0 saturated carbocycles. The third-order valence-corrected chi connectivity index (χ3v) is 2.88. The monoisotopic (exact) mass is 354 g/mol. The van der Waals surface area contributed by atoms with Gasteiger partial charge in [0.05, 0.1) is 11.6 Å². The molecule has 0 aliphatic heterocycles. The summed E-state index contributed by atoms with van der Waals surface area (Å²) < 4.78 is 72.4. The van der Waals surface area contributed by atoms with Gasteiger partial charge in [0.2, 0.25) is 0 Å². The highest BCUT2D eigenvalue weighted by Gasteiger charge is 2.32. The highest BCUT2D eigenvalue weighted by Crippen LogP contribution is 2.35. The van der Waals surface area contributed by atoms with Gasteiger partial charge in [0.15, 0.2) is 17.4 Å². The fourth-order valence-electron chi connectivity index (χ4n) is 1.67. The van der Waals surface area contributed by atoms with Crippen molar-refractivity contribution in [2.24, 2.45) is 0 Å². The Bertz CT molecular complexity index is 695. The second-order valence-electron chi connectivity index (χ2n) is 4.29. The van der Waals surface area contributed by atoms with Crippen LogP contribution >= 0.6 is 11.6 Å². The van der Waals surface area contributed by atoms with Crippen LogP contribution in [-0.2, 0) is 6.61 Å². The number of rotatable bonds is 4. The summed E-state index contributed by atoms with van der Waals surface area (Å²) in [6, 6.07) is 4.50. The first-order chi connectivity index (χ1) is 10.7. The number of ether oxygens (including phenoxy) is 2. The van der Waals surface area contributed by atoms with E-state index in [-0.39, 0.29) is 11.3 Å². The van der Waals surface area contributed by atoms with E-state index in [1.165, 1.54) is 0 Å². The van der Waals surface area contributed by atoms with Crippen LogP contribution in [0.2, 0.25) is 5.02 Å². The van der Waals surface area contributed by atoms with Crippen LogP contribution in [0.3, 0.4) is 0 Å². The first-order valence-electron chi connectivity index (χ1n) is 6.01. The van der Waals surface area contributed by atoms with E-state index in [9.17, 15) is 22.0 Å². The topological polar surface area (TPSA) is 38.7 Å². The summed E-state index contributed by atoms with van der Waals surface area (Å²) in [4.78, 5) is 0. The van der Waals surface area contributed by atoms with Crippen LogP contribution in [0.1, 0.15) is 5.56 Å². The van der Waals surface area contributed by atoms with E-state index < -0.39 is 41.1 Å². The molecular weight excluding hydrogens is 347 g/mol. The zero-order valence-corrected chi connectivity index (χ0v) is 11.9. The molecule has 0 bridgehead atoms. The molecular formula is C14H8ClF5O3. The normalized spacial score (nSPS) is 11.4. The van der Waals surface area contributed by atoms with Gasteiger partial charge < -0.3 is 14.6 Å². The Kier molecular flexibility index (Phi) is 4.96. The summed E-state index contributed by atoms with van der Waals surface area (Å²) in [6.07, 6.45) is -4.93. The number of aliphatic hydroxyl groups is 1. The third kappa shape index (κ3) is 4.46. The minimum atomic E-state index is -4.93. The number of benzene rings is 2. The molecule has 1 N–H and O–H groups in total. The van der Waals surface area contributed by atoms with Gasteiger partial charge in [-0.15, -0.1) is 13.2 Å². The molecule has 0 heterocycles. The maximum atomic E-state index is 13.7. The summed E-state index contributed by atoms with van der Waals surface area (Å²) in [5.74, 6) is -3.81. The minimum absolute atomic E-state index is 0.000641. The van der Waals surface area contributed by atoms with Crippen molar-refractivity contribution in [1.29, 1.82) is 0 Å². The lowest BCUT2D eigenvalue weighted by Gasteiger charge is -2.13. The van der Waals surface area contributed by atoms with Gasteiger partial charge in [-0.3, -0.25) is 0 Å². The fraction of sp³-hybridized carbons (Fsp3) is 0.143. The van der Waals surface area contributed by atoms with Gasteiger partial charge in [0.1, 0.15) is 11.5 Å². The lowest BCUT2D eigenvalue weighted by molar-refractivity contribution is -0.274. The second kappa shape index (κ2) is 6.59. The smallest absolute Gasteiger partial charge is 0.451 e. The van der Waals surface area contributed by atoms with Crippen LogP contribution in [0.25, 0.3) is 0 Å². The van der Waals surface area contributed by atoms with Crippen molar-refractivity contribution in [3.8, 4) is 17.2 Å². The van der Waals surface area contributed by atoms with Gasteiger partial charge in [-0.05, 0) is 29.8 Å². The first kappa shape index (κ1) is 17.3. The van der Waals surface area contributed by atoms with Crippen molar-refractivity contribution >= 4 is 11.6 Å². The highest BCUT2D eigenvalue weighted by molar-refractivity contribution is 6.32. The molecule has 2 rings (SSSR count). The molecule has 0 fully saturated rings. The number of hydrogen-bond acceptors (Lipinski definition) is 3. The molecule has 2 aromatic rings. The van der Waals surface area contributed by atoms with Gasteiger partial charge >= 0.3 is 6.36 Å². The quantitative estimate of drug-likeness (QED) is 0.801. The Hall–Kier alpha value is -2.06. The summed E-state index contributed by atoms with van der Waals surface area (Å²) in [7, 11) is 0. The summed E-state index contributed by atoms with van der Waals surface area (Å²) in [5.41, 5.74) is -0.000641. The van der Waals surface area contributed by atoms with Gasteiger partial charge in [-0.25, -0.2) is 8.78 Å². The van der Waals surface area contributed by atoms with E-state index in [0.29, 0.717) is 0 Å². The van der Waals surface area contributed by atoms with Gasteiger partial charge in [-0.2, -0.15) is 0 Å². The molecule has 0 aliphatic rings. The van der Waals surface area contributed by atoms with E-state index in [1.54, 1.807) is 0 Å². The predicted octanol–water partition coefficient (Wildman–Crippen LogP) is 4.80. The minimum Gasteiger partial charge on any atom is -0.451 e. The second-order valence-corrected chi connectivity index (χ2v) is 4.70. The molecule has 0 aliphatic carbocycles. The highest BCUT2D eigenvalue weighted by atomic mass is 35.5. The van der Waals surface area contributed by atoms with Crippen molar-refractivity contribution in [1.82, 2.24) is 0 Å². The zero-order valence-electron chi connectivity index (χ0n) is 11.1. The first-order valence-corrected chi connectivity index (χ1v) is 6.39. The number of hydrogen-bond donors (Lipinski definition) is 1. The Morgan fingerprint density at radius 2 is 1.65 bits per heavy atom. The average molecular weight is 355 g/mol. The Morgan fingerprint density at radius 1 is 1.04 bits per heavy atom. The maximum Gasteiger partial charge on any atom is 0.573 e.